The highest BCUT2D eigenvalue weighted by Crippen LogP contribution is 2.23. The first-order valence-electron chi connectivity index (χ1n) is 6.57. The molecule has 0 bridgehead atoms. The Labute approximate surface area is 126 Å². The molecule has 2 aromatic rings. The molecule has 0 radical (unpaired) electrons. The molecule has 0 saturated carbocycles. The average Bonchev–Trinajstić information content (AvgIpc) is 2.47. The van der Waals surface area contributed by atoms with Crippen LogP contribution in [0.25, 0.3) is 11.1 Å². The van der Waals surface area contributed by atoms with E-state index in [9.17, 15) is 4.79 Å². The van der Waals surface area contributed by atoms with Crippen molar-refractivity contribution in [1.82, 2.24) is 9.97 Å². The molecule has 1 aliphatic rings. The molecule has 1 aromatic heterocycles. The second-order valence-electron chi connectivity index (χ2n) is 4.85. The summed E-state index contributed by atoms with van der Waals surface area (Å²) in [6.45, 7) is 1.28. The predicted molar refractivity (Wildman–Crippen MR) is 81.6 cm³/mol. The van der Waals surface area contributed by atoms with Gasteiger partial charge in [-0.15, -0.1) is 0 Å². The summed E-state index contributed by atoms with van der Waals surface area (Å²) in [5, 5.41) is 0. The summed E-state index contributed by atoms with van der Waals surface area (Å²) in [4.78, 5) is 22.2. The quantitative estimate of drug-likeness (QED) is 0.848. The van der Waals surface area contributed by atoms with Crippen LogP contribution in [0.3, 0.4) is 0 Å². The fraction of sp³-hybridized carbons (Fsp3) is 0.267. The first-order chi connectivity index (χ1) is 9.72. The number of rotatable bonds is 2. The summed E-state index contributed by atoms with van der Waals surface area (Å²) in [6, 6.07) is 8.02. The van der Waals surface area contributed by atoms with E-state index in [0.717, 1.165) is 28.6 Å². The molecular weight excluding hydrogens is 318 g/mol. The molecule has 0 amide bonds. The second kappa shape index (κ2) is 5.71. The van der Waals surface area contributed by atoms with Crippen LogP contribution >= 0.6 is 15.9 Å². The van der Waals surface area contributed by atoms with Gasteiger partial charge in [0.2, 0.25) is 5.95 Å². The van der Waals surface area contributed by atoms with Gasteiger partial charge in [-0.2, -0.15) is 0 Å². The maximum atomic E-state index is 11.5. The van der Waals surface area contributed by atoms with Gasteiger partial charge in [-0.25, -0.2) is 9.97 Å². The summed E-state index contributed by atoms with van der Waals surface area (Å²) >= 11 is 3.46. The lowest BCUT2D eigenvalue weighted by Gasteiger charge is -2.25. The van der Waals surface area contributed by atoms with Crippen molar-refractivity contribution in [2.24, 2.45) is 0 Å². The Bertz CT molecular complexity index is 627. The molecule has 0 aliphatic carbocycles. The second-order valence-corrected chi connectivity index (χ2v) is 5.76. The third-order valence-electron chi connectivity index (χ3n) is 3.33. The molecule has 2 heterocycles. The Morgan fingerprint density at radius 3 is 2.65 bits per heavy atom. The van der Waals surface area contributed by atoms with Gasteiger partial charge in [0.05, 0.1) is 6.54 Å². The van der Waals surface area contributed by atoms with Crippen LogP contribution in [0.15, 0.2) is 41.1 Å². The van der Waals surface area contributed by atoms with E-state index in [1.54, 1.807) is 0 Å². The molecule has 0 spiro atoms. The number of aromatic nitrogens is 2. The van der Waals surface area contributed by atoms with E-state index in [1.807, 2.05) is 41.6 Å². The minimum atomic E-state index is 0.260. The number of piperidine rings is 1. The monoisotopic (exact) mass is 331 g/mol. The molecule has 3 rings (SSSR count). The van der Waals surface area contributed by atoms with Crippen molar-refractivity contribution in [2.75, 3.05) is 18.0 Å². The van der Waals surface area contributed by atoms with Gasteiger partial charge in [0.15, 0.2) is 5.78 Å². The fourth-order valence-corrected chi connectivity index (χ4v) is 2.71. The highest BCUT2D eigenvalue weighted by molar-refractivity contribution is 9.10. The largest absolute Gasteiger partial charge is 0.333 e. The SMILES string of the molecule is O=C1CCCN(c2ncc(-c3cccc(Br)c3)cn2)C1. The minimum Gasteiger partial charge on any atom is -0.333 e. The molecular formula is C15H14BrN3O. The van der Waals surface area contributed by atoms with E-state index in [2.05, 4.69) is 25.9 Å². The van der Waals surface area contributed by atoms with E-state index >= 15 is 0 Å². The van der Waals surface area contributed by atoms with Crippen molar-refractivity contribution >= 4 is 27.7 Å². The molecule has 1 aliphatic heterocycles. The van der Waals surface area contributed by atoms with Gasteiger partial charge in [0.25, 0.3) is 0 Å². The van der Waals surface area contributed by atoms with E-state index < -0.39 is 0 Å². The predicted octanol–water partition coefficient (Wildman–Crippen LogP) is 3.08. The van der Waals surface area contributed by atoms with Crippen molar-refractivity contribution in [3.8, 4) is 11.1 Å². The molecule has 1 saturated heterocycles. The van der Waals surface area contributed by atoms with E-state index in [-0.39, 0.29) is 5.78 Å². The molecule has 1 aromatic carbocycles. The van der Waals surface area contributed by atoms with Gasteiger partial charge >= 0.3 is 0 Å². The van der Waals surface area contributed by atoms with Crippen LogP contribution in [0.4, 0.5) is 5.95 Å². The molecule has 20 heavy (non-hydrogen) atoms. The smallest absolute Gasteiger partial charge is 0.225 e. The number of Topliss-reactive ketones (excluding diaryl/α,β-unsaturated/α-hetero) is 1. The normalized spacial score (nSPS) is 15.4. The summed E-state index contributed by atoms with van der Waals surface area (Å²) in [7, 11) is 0. The lowest BCUT2D eigenvalue weighted by Crippen LogP contribution is -2.36. The van der Waals surface area contributed by atoms with Crippen LogP contribution < -0.4 is 4.90 Å². The van der Waals surface area contributed by atoms with Gasteiger partial charge in [0, 0.05) is 35.4 Å². The summed E-state index contributed by atoms with van der Waals surface area (Å²) in [5.74, 6) is 0.896. The van der Waals surface area contributed by atoms with Crippen molar-refractivity contribution in [1.29, 1.82) is 0 Å². The molecule has 4 nitrogen and oxygen atoms in total. The zero-order valence-corrected chi connectivity index (χ0v) is 12.5. The van der Waals surface area contributed by atoms with Crippen molar-refractivity contribution in [3.05, 3.63) is 41.1 Å². The van der Waals surface area contributed by atoms with Crippen LogP contribution in [0.5, 0.6) is 0 Å². The van der Waals surface area contributed by atoms with Gasteiger partial charge in [0.1, 0.15) is 0 Å². The third kappa shape index (κ3) is 2.88. The fourth-order valence-electron chi connectivity index (χ4n) is 2.31. The third-order valence-corrected chi connectivity index (χ3v) is 3.82. The highest BCUT2D eigenvalue weighted by Gasteiger charge is 2.18. The highest BCUT2D eigenvalue weighted by atomic mass is 79.9. The Morgan fingerprint density at radius 2 is 1.95 bits per heavy atom. The van der Waals surface area contributed by atoms with Crippen molar-refractivity contribution in [2.45, 2.75) is 12.8 Å². The Kier molecular flexibility index (Phi) is 3.78. The summed E-state index contributed by atoms with van der Waals surface area (Å²) in [5.41, 5.74) is 2.04. The molecule has 0 N–H and O–H groups in total. The van der Waals surface area contributed by atoms with Crippen molar-refractivity contribution in [3.63, 3.8) is 0 Å². The summed E-state index contributed by atoms with van der Waals surface area (Å²) < 4.78 is 1.03. The standard InChI is InChI=1S/C15H14BrN3O/c16-13-4-1-3-11(7-13)12-8-17-15(18-9-12)19-6-2-5-14(20)10-19/h1,3-4,7-9H,2,5-6,10H2. The maximum Gasteiger partial charge on any atom is 0.225 e. The number of hydrogen-bond donors (Lipinski definition) is 0. The van der Waals surface area contributed by atoms with Crippen LogP contribution in [0.1, 0.15) is 12.8 Å². The molecule has 1 fully saturated rings. The van der Waals surface area contributed by atoms with E-state index in [0.29, 0.717) is 18.9 Å². The van der Waals surface area contributed by atoms with E-state index in [1.165, 1.54) is 0 Å². The maximum absolute atomic E-state index is 11.5. The number of benzene rings is 1. The molecule has 0 unspecified atom stereocenters. The minimum absolute atomic E-state index is 0.260. The van der Waals surface area contributed by atoms with Gasteiger partial charge in [-0.3, -0.25) is 4.79 Å². The number of carbonyl (C=O) groups excluding carboxylic acids is 1. The van der Waals surface area contributed by atoms with Gasteiger partial charge < -0.3 is 4.90 Å². The number of halogens is 1. The molecule has 5 heteroatoms. The average molecular weight is 332 g/mol. The van der Waals surface area contributed by atoms with Crippen LogP contribution in [0.2, 0.25) is 0 Å². The number of nitrogens with zero attached hydrogens (tertiary/aromatic N) is 3. The van der Waals surface area contributed by atoms with Crippen LogP contribution in [-0.4, -0.2) is 28.8 Å². The Morgan fingerprint density at radius 1 is 1.15 bits per heavy atom. The Balaban J connectivity index is 1.82. The van der Waals surface area contributed by atoms with Gasteiger partial charge in [-0.1, -0.05) is 28.1 Å². The van der Waals surface area contributed by atoms with Crippen molar-refractivity contribution < 1.29 is 4.79 Å². The number of carbonyl (C=O) groups is 1. The molecule has 102 valence electrons. The first kappa shape index (κ1) is 13.2. The topological polar surface area (TPSA) is 46.1 Å². The van der Waals surface area contributed by atoms with Gasteiger partial charge in [-0.05, 0) is 24.1 Å². The number of hydrogen-bond acceptors (Lipinski definition) is 4. The number of anilines is 1. The zero-order chi connectivity index (χ0) is 13.9. The summed E-state index contributed by atoms with van der Waals surface area (Å²) in [6.07, 6.45) is 5.18. The van der Waals surface area contributed by atoms with E-state index in [4.69, 9.17) is 0 Å². The Hall–Kier alpha value is -1.75. The molecule has 0 atom stereocenters. The number of ketones is 1. The lowest BCUT2D eigenvalue weighted by atomic mass is 10.1. The zero-order valence-electron chi connectivity index (χ0n) is 10.9. The van der Waals surface area contributed by atoms with Crippen LogP contribution in [0, 0.1) is 0 Å². The van der Waals surface area contributed by atoms with Crippen LogP contribution in [-0.2, 0) is 4.79 Å². The lowest BCUT2D eigenvalue weighted by molar-refractivity contribution is -0.118. The first-order valence-corrected chi connectivity index (χ1v) is 7.36.